The zero-order valence-electron chi connectivity index (χ0n) is 19.2. The summed E-state index contributed by atoms with van der Waals surface area (Å²) >= 11 is 0. The molecule has 4 atom stereocenters. The largest absolute Gasteiger partial charge is 0.462 e. The molecule has 0 saturated carbocycles. The molecule has 4 unspecified atom stereocenters. The first-order valence-corrected chi connectivity index (χ1v) is 11.4. The minimum Gasteiger partial charge on any atom is -0.462 e. The zero-order chi connectivity index (χ0) is 21.3. The van der Waals surface area contributed by atoms with Crippen molar-refractivity contribution in [3.8, 4) is 0 Å². The first-order chi connectivity index (χ1) is 13.7. The van der Waals surface area contributed by atoms with Gasteiger partial charge in [0.05, 0.1) is 12.0 Å². The number of rotatable bonds is 10. The molecule has 6 heteroatoms. The van der Waals surface area contributed by atoms with Gasteiger partial charge in [-0.25, -0.2) is 0 Å². The maximum atomic E-state index is 12.9. The molecule has 2 saturated heterocycles. The van der Waals surface area contributed by atoms with Gasteiger partial charge in [-0.2, -0.15) is 0 Å². The highest BCUT2D eigenvalue weighted by Gasteiger charge is 2.37. The van der Waals surface area contributed by atoms with Gasteiger partial charge in [0.15, 0.2) is 12.6 Å². The van der Waals surface area contributed by atoms with Crippen molar-refractivity contribution in [2.75, 3.05) is 26.4 Å². The summed E-state index contributed by atoms with van der Waals surface area (Å²) in [5.74, 6) is -0.165. The van der Waals surface area contributed by atoms with E-state index < -0.39 is 5.41 Å². The Kier molecular flexibility index (Phi) is 9.86. The van der Waals surface area contributed by atoms with Crippen molar-refractivity contribution < 1.29 is 28.5 Å². The molecule has 0 bridgehead atoms. The van der Waals surface area contributed by atoms with Gasteiger partial charge in [-0.1, -0.05) is 27.7 Å². The highest BCUT2D eigenvalue weighted by Crippen LogP contribution is 2.37. The van der Waals surface area contributed by atoms with Crippen LogP contribution in [0.15, 0.2) is 0 Å². The van der Waals surface area contributed by atoms with Gasteiger partial charge in [-0.05, 0) is 63.7 Å². The number of hydrogen-bond donors (Lipinski definition) is 0. The van der Waals surface area contributed by atoms with E-state index in [0.717, 1.165) is 58.0 Å². The average Bonchev–Trinajstić information content (AvgIpc) is 2.70. The molecule has 2 rings (SSSR count). The molecular weight excluding hydrogens is 372 g/mol. The van der Waals surface area contributed by atoms with Crippen LogP contribution in [0.25, 0.3) is 0 Å². The lowest BCUT2D eigenvalue weighted by atomic mass is 9.73. The fourth-order valence-corrected chi connectivity index (χ4v) is 4.07. The van der Waals surface area contributed by atoms with Crippen molar-refractivity contribution in [3.63, 3.8) is 0 Å². The zero-order valence-corrected chi connectivity index (χ0v) is 19.2. The molecule has 0 aromatic rings. The predicted molar refractivity (Wildman–Crippen MR) is 111 cm³/mol. The van der Waals surface area contributed by atoms with Crippen LogP contribution in [-0.2, 0) is 28.5 Å². The predicted octanol–water partition coefficient (Wildman–Crippen LogP) is 4.84. The van der Waals surface area contributed by atoms with Crippen molar-refractivity contribution in [1.82, 2.24) is 0 Å². The van der Waals surface area contributed by atoms with E-state index in [1.54, 1.807) is 0 Å². The van der Waals surface area contributed by atoms with Crippen molar-refractivity contribution in [2.24, 2.45) is 10.8 Å². The summed E-state index contributed by atoms with van der Waals surface area (Å²) in [6, 6.07) is 0. The number of carbonyl (C=O) groups excluding carboxylic acids is 1. The maximum absolute atomic E-state index is 12.9. The summed E-state index contributed by atoms with van der Waals surface area (Å²) in [6.45, 7) is 12.4. The van der Waals surface area contributed by atoms with Crippen LogP contribution in [-0.4, -0.2) is 51.1 Å². The second kappa shape index (κ2) is 11.6. The fourth-order valence-electron chi connectivity index (χ4n) is 4.07. The van der Waals surface area contributed by atoms with Gasteiger partial charge in [0.2, 0.25) is 0 Å². The molecule has 170 valence electrons. The van der Waals surface area contributed by atoms with Crippen molar-refractivity contribution in [1.29, 1.82) is 0 Å². The smallest absolute Gasteiger partial charge is 0.311 e. The molecule has 0 aromatic heterocycles. The topological polar surface area (TPSA) is 63.2 Å². The molecular formula is C23H42O6. The van der Waals surface area contributed by atoms with E-state index in [0.29, 0.717) is 13.2 Å². The van der Waals surface area contributed by atoms with Crippen LogP contribution in [0.3, 0.4) is 0 Å². The second-order valence-corrected chi connectivity index (χ2v) is 9.93. The molecule has 0 radical (unpaired) electrons. The van der Waals surface area contributed by atoms with Gasteiger partial charge >= 0.3 is 5.97 Å². The highest BCUT2D eigenvalue weighted by atomic mass is 16.7. The minimum absolute atomic E-state index is 0.0526. The average molecular weight is 415 g/mol. The summed E-state index contributed by atoms with van der Waals surface area (Å²) < 4.78 is 29.1. The van der Waals surface area contributed by atoms with Crippen LogP contribution in [0.1, 0.15) is 86.0 Å². The SMILES string of the molecule is CCC(C)(CC(C)(C)C)C(=O)OCC(COC1CCCCO1)OC1CCCCO1. The lowest BCUT2D eigenvalue weighted by molar-refractivity contribution is -0.232. The Labute approximate surface area is 176 Å². The Morgan fingerprint density at radius 2 is 1.59 bits per heavy atom. The summed E-state index contributed by atoms with van der Waals surface area (Å²) in [7, 11) is 0. The highest BCUT2D eigenvalue weighted by molar-refractivity contribution is 5.76. The Balaban J connectivity index is 1.90. The third kappa shape index (κ3) is 8.91. The molecule has 2 aliphatic rings. The van der Waals surface area contributed by atoms with E-state index in [4.69, 9.17) is 23.7 Å². The molecule has 0 amide bonds. The normalized spacial score (nSPS) is 26.5. The standard InChI is InChI=1S/C23H42O6/c1-6-23(5,17-22(2,3)4)21(24)28-16-18(29-20-12-8-10-14-26-20)15-27-19-11-7-9-13-25-19/h18-20H,6-17H2,1-5H3. The quantitative estimate of drug-likeness (QED) is 0.477. The third-order valence-electron chi connectivity index (χ3n) is 5.68. The molecule has 2 fully saturated rings. The van der Waals surface area contributed by atoms with Crippen LogP contribution >= 0.6 is 0 Å². The summed E-state index contributed by atoms with van der Waals surface area (Å²) in [6.07, 6.45) is 6.81. The van der Waals surface area contributed by atoms with Crippen LogP contribution in [0.5, 0.6) is 0 Å². The lowest BCUT2D eigenvalue weighted by Gasteiger charge is -2.34. The first kappa shape index (κ1) is 24.6. The lowest BCUT2D eigenvalue weighted by Crippen LogP contribution is -2.39. The summed E-state index contributed by atoms with van der Waals surface area (Å²) in [5, 5.41) is 0. The van der Waals surface area contributed by atoms with Crippen LogP contribution in [0.2, 0.25) is 0 Å². The van der Waals surface area contributed by atoms with E-state index in [-0.39, 0.29) is 36.7 Å². The molecule has 0 aromatic carbocycles. The van der Waals surface area contributed by atoms with Crippen LogP contribution in [0.4, 0.5) is 0 Å². The molecule has 0 spiro atoms. The first-order valence-electron chi connectivity index (χ1n) is 11.4. The van der Waals surface area contributed by atoms with Crippen LogP contribution in [0, 0.1) is 10.8 Å². The van der Waals surface area contributed by atoms with Gasteiger partial charge in [-0.3, -0.25) is 4.79 Å². The molecule has 0 aliphatic carbocycles. The molecule has 2 aliphatic heterocycles. The Morgan fingerprint density at radius 3 is 2.10 bits per heavy atom. The van der Waals surface area contributed by atoms with Gasteiger partial charge in [0.1, 0.15) is 12.7 Å². The monoisotopic (exact) mass is 414 g/mol. The fraction of sp³-hybridized carbons (Fsp3) is 0.957. The third-order valence-corrected chi connectivity index (χ3v) is 5.68. The number of ether oxygens (including phenoxy) is 5. The summed E-state index contributed by atoms with van der Waals surface area (Å²) in [5.41, 5.74) is -0.450. The van der Waals surface area contributed by atoms with Gasteiger partial charge in [-0.15, -0.1) is 0 Å². The number of carbonyl (C=O) groups is 1. The van der Waals surface area contributed by atoms with E-state index in [1.807, 2.05) is 13.8 Å². The minimum atomic E-state index is -0.503. The van der Waals surface area contributed by atoms with E-state index >= 15 is 0 Å². The summed E-state index contributed by atoms with van der Waals surface area (Å²) in [4.78, 5) is 12.9. The van der Waals surface area contributed by atoms with Gasteiger partial charge in [0.25, 0.3) is 0 Å². The Hall–Kier alpha value is -0.690. The number of hydrogen-bond acceptors (Lipinski definition) is 6. The Bertz CT molecular complexity index is 476. The van der Waals surface area contributed by atoms with Gasteiger partial charge < -0.3 is 23.7 Å². The van der Waals surface area contributed by atoms with E-state index in [1.165, 1.54) is 0 Å². The van der Waals surface area contributed by atoms with Gasteiger partial charge in [0, 0.05) is 13.2 Å². The molecule has 6 nitrogen and oxygen atoms in total. The van der Waals surface area contributed by atoms with Crippen molar-refractivity contribution in [2.45, 2.75) is 105 Å². The molecule has 0 N–H and O–H groups in total. The van der Waals surface area contributed by atoms with Crippen molar-refractivity contribution >= 4 is 5.97 Å². The number of esters is 1. The maximum Gasteiger partial charge on any atom is 0.311 e. The second-order valence-electron chi connectivity index (χ2n) is 9.93. The van der Waals surface area contributed by atoms with E-state index in [2.05, 4.69) is 20.8 Å². The van der Waals surface area contributed by atoms with Crippen LogP contribution < -0.4 is 0 Å². The molecule has 29 heavy (non-hydrogen) atoms. The van der Waals surface area contributed by atoms with E-state index in [9.17, 15) is 4.79 Å². The molecule has 2 heterocycles. The van der Waals surface area contributed by atoms with Crippen molar-refractivity contribution in [3.05, 3.63) is 0 Å². The Morgan fingerprint density at radius 1 is 0.966 bits per heavy atom.